The van der Waals surface area contributed by atoms with Gasteiger partial charge in [-0.1, -0.05) is 0 Å². The smallest absolute Gasteiger partial charge is 0.324 e. The van der Waals surface area contributed by atoms with Gasteiger partial charge in [0.1, 0.15) is 5.54 Å². The van der Waals surface area contributed by atoms with Gasteiger partial charge in [-0.3, -0.25) is 4.79 Å². The van der Waals surface area contributed by atoms with Crippen molar-refractivity contribution in [2.24, 2.45) is 0 Å². The molecule has 2 N–H and O–H groups in total. The van der Waals surface area contributed by atoms with Crippen molar-refractivity contribution in [3.63, 3.8) is 0 Å². The van der Waals surface area contributed by atoms with Gasteiger partial charge in [-0.2, -0.15) is 11.8 Å². The van der Waals surface area contributed by atoms with Gasteiger partial charge in [0, 0.05) is 18.1 Å². The Kier molecular flexibility index (Phi) is 4.89. The molecule has 0 aromatic heterocycles. The van der Waals surface area contributed by atoms with Crippen LogP contribution in [0.2, 0.25) is 0 Å². The summed E-state index contributed by atoms with van der Waals surface area (Å²) in [6.07, 6.45) is 2.56. The Morgan fingerprint density at radius 3 is 2.93 bits per heavy atom. The Hall–Kier alpha value is -0.260. The normalized spacial score (nSPS) is 25.1. The molecule has 0 radical (unpaired) electrons. The lowest BCUT2D eigenvalue weighted by Gasteiger charge is -2.24. The highest BCUT2D eigenvalue weighted by Crippen LogP contribution is 2.20. The number of carboxylic acids is 1. The minimum absolute atomic E-state index is 0.324. The summed E-state index contributed by atoms with van der Waals surface area (Å²) < 4.78 is 5.47. The number of ether oxygens (including phenoxy) is 1. The maximum Gasteiger partial charge on any atom is 0.324 e. The van der Waals surface area contributed by atoms with Crippen molar-refractivity contribution in [2.75, 3.05) is 25.2 Å². The van der Waals surface area contributed by atoms with Crippen LogP contribution in [0.3, 0.4) is 0 Å². The molecule has 5 heteroatoms. The first-order valence-electron chi connectivity index (χ1n) is 5.20. The zero-order valence-corrected chi connectivity index (χ0v) is 10.1. The summed E-state index contributed by atoms with van der Waals surface area (Å²) in [6.45, 7) is 2.56. The average Bonchev–Trinajstić information content (AvgIpc) is 2.70. The van der Waals surface area contributed by atoms with Crippen molar-refractivity contribution < 1.29 is 14.6 Å². The van der Waals surface area contributed by atoms with Gasteiger partial charge in [-0.15, -0.1) is 0 Å². The Balaban J connectivity index is 2.25. The minimum atomic E-state index is -0.830. The Labute approximate surface area is 94.8 Å². The molecule has 1 fully saturated rings. The number of aliphatic carboxylic acids is 1. The molecule has 2 atom stereocenters. The van der Waals surface area contributed by atoms with E-state index < -0.39 is 11.5 Å². The lowest BCUT2D eigenvalue weighted by Crippen LogP contribution is -2.50. The van der Waals surface area contributed by atoms with Gasteiger partial charge in [0.05, 0.1) is 6.10 Å². The minimum Gasteiger partial charge on any atom is -0.480 e. The third-order valence-electron chi connectivity index (χ3n) is 2.74. The molecular weight excluding hydrogens is 214 g/mol. The van der Waals surface area contributed by atoms with E-state index in [0.717, 1.165) is 25.2 Å². The molecule has 1 aliphatic heterocycles. The Morgan fingerprint density at radius 1 is 1.73 bits per heavy atom. The first-order valence-corrected chi connectivity index (χ1v) is 6.35. The molecule has 1 rings (SSSR count). The van der Waals surface area contributed by atoms with Gasteiger partial charge >= 0.3 is 5.97 Å². The van der Waals surface area contributed by atoms with Crippen molar-refractivity contribution in [1.82, 2.24) is 5.32 Å². The van der Waals surface area contributed by atoms with Crippen molar-refractivity contribution in [3.05, 3.63) is 0 Å². The number of carbonyl (C=O) groups is 1. The summed E-state index contributed by atoms with van der Waals surface area (Å²) in [4.78, 5) is 11.0. The SMILES string of the molecule is CNC(C)(CSCC1CCCO1)C(=O)O. The fraction of sp³-hybridized carbons (Fsp3) is 0.900. The zero-order valence-electron chi connectivity index (χ0n) is 9.28. The van der Waals surface area contributed by atoms with Crippen molar-refractivity contribution >= 4 is 17.7 Å². The standard InChI is InChI=1S/C10H19NO3S/c1-10(11-2,9(12)13)7-15-6-8-4-3-5-14-8/h8,11H,3-7H2,1-2H3,(H,12,13). The molecule has 0 aliphatic carbocycles. The van der Waals surface area contributed by atoms with Gasteiger partial charge in [0.2, 0.25) is 0 Å². The molecule has 1 heterocycles. The van der Waals surface area contributed by atoms with E-state index in [4.69, 9.17) is 9.84 Å². The van der Waals surface area contributed by atoms with Gasteiger partial charge in [-0.05, 0) is 26.8 Å². The molecule has 1 aliphatic rings. The van der Waals surface area contributed by atoms with E-state index in [0.29, 0.717) is 11.9 Å². The van der Waals surface area contributed by atoms with Gasteiger partial charge < -0.3 is 15.2 Å². The zero-order chi connectivity index (χ0) is 11.3. The quantitative estimate of drug-likeness (QED) is 0.715. The molecule has 0 bridgehead atoms. The summed E-state index contributed by atoms with van der Waals surface area (Å²) >= 11 is 1.64. The third-order valence-corrected chi connectivity index (χ3v) is 4.13. The molecule has 1 saturated heterocycles. The maximum absolute atomic E-state index is 11.0. The fourth-order valence-corrected chi connectivity index (χ4v) is 2.73. The molecule has 0 saturated carbocycles. The summed E-state index contributed by atoms with van der Waals surface area (Å²) in [7, 11) is 1.68. The van der Waals surface area contributed by atoms with E-state index in [1.807, 2.05) is 0 Å². The van der Waals surface area contributed by atoms with E-state index in [1.165, 1.54) is 0 Å². The number of thioether (sulfide) groups is 1. The number of carboxylic acid groups (broad SMARTS) is 1. The highest BCUT2D eigenvalue weighted by molar-refractivity contribution is 7.99. The van der Waals surface area contributed by atoms with E-state index >= 15 is 0 Å². The van der Waals surface area contributed by atoms with Crippen molar-refractivity contribution in [1.29, 1.82) is 0 Å². The highest BCUT2D eigenvalue weighted by Gasteiger charge is 2.31. The molecule has 2 unspecified atom stereocenters. The van der Waals surface area contributed by atoms with Crippen LogP contribution in [-0.2, 0) is 9.53 Å². The van der Waals surface area contributed by atoms with Crippen LogP contribution in [0, 0.1) is 0 Å². The average molecular weight is 233 g/mol. The maximum atomic E-state index is 11.0. The van der Waals surface area contributed by atoms with Crippen LogP contribution in [0.4, 0.5) is 0 Å². The van der Waals surface area contributed by atoms with E-state index in [1.54, 1.807) is 25.7 Å². The number of hydrogen-bond donors (Lipinski definition) is 2. The topological polar surface area (TPSA) is 58.6 Å². The van der Waals surface area contributed by atoms with Crippen LogP contribution in [0.15, 0.2) is 0 Å². The van der Waals surface area contributed by atoms with Crippen LogP contribution < -0.4 is 5.32 Å². The first kappa shape index (κ1) is 12.8. The number of rotatable bonds is 6. The predicted molar refractivity (Wildman–Crippen MR) is 61.4 cm³/mol. The molecule has 0 spiro atoms. The lowest BCUT2D eigenvalue weighted by atomic mass is 10.1. The Bertz CT molecular complexity index is 219. The summed E-state index contributed by atoms with van der Waals surface area (Å²) in [5.41, 5.74) is -0.830. The second-order valence-electron chi connectivity index (χ2n) is 4.04. The number of hydrogen-bond acceptors (Lipinski definition) is 4. The van der Waals surface area contributed by atoms with E-state index in [-0.39, 0.29) is 0 Å². The fourth-order valence-electron chi connectivity index (χ4n) is 1.41. The highest BCUT2D eigenvalue weighted by atomic mass is 32.2. The molecule has 15 heavy (non-hydrogen) atoms. The summed E-state index contributed by atoms with van der Waals surface area (Å²) in [5.74, 6) is 0.660. The molecule has 88 valence electrons. The first-order chi connectivity index (χ1) is 7.08. The van der Waals surface area contributed by atoms with Gasteiger partial charge in [-0.25, -0.2) is 0 Å². The van der Waals surface area contributed by atoms with Gasteiger partial charge in [0.15, 0.2) is 0 Å². The summed E-state index contributed by atoms with van der Waals surface area (Å²) in [6, 6.07) is 0. The molecular formula is C10H19NO3S. The molecule has 0 aromatic carbocycles. The molecule has 4 nitrogen and oxygen atoms in total. The van der Waals surface area contributed by atoms with Crippen LogP contribution in [0.1, 0.15) is 19.8 Å². The van der Waals surface area contributed by atoms with E-state index in [9.17, 15) is 4.79 Å². The van der Waals surface area contributed by atoms with Gasteiger partial charge in [0.25, 0.3) is 0 Å². The van der Waals surface area contributed by atoms with Crippen LogP contribution in [0.5, 0.6) is 0 Å². The largest absolute Gasteiger partial charge is 0.480 e. The number of likely N-dealkylation sites (N-methyl/N-ethyl adjacent to an activating group) is 1. The third kappa shape index (κ3) is 3.66. The molecule has 0 amide bonds. The van der Waals surface area contributed by atoms with Crippen LogP contribution in [-0.4, -0.2) is 47.9 Å². The summed E-state index contributed by atoms with van der Waals surface area (Å²) in [5, 5.41) is 11.9. The number of nitrogens with one attached hydrogen (secondary N) is 1. The second kappa shape index (κ2) is 5.72. The van der Waals surface area contributed by atoms with E-state index in [2.05, 4.69) is 5.32 Å². The Morgan fingerprint density at radius 2 is 2.47 bits per heavy atom. The van der Waals surface area contributed by atoms with Crippen LogP contribution >= 0.6 is 11.8 Å². The monoisotopic (exact) mass is 233 g/mol. The van der Waals surface area contributed by atoms with Crippen molar-refractivity contribution in [2.45, 2.75) is 31.4 Å². The predicted octanol–water partition coefficient (Wildman–Crippen LogP) is 0.961. The van der Waals surface area contributed by atoms with Crippen LogP contribution in [0.25, 0.3) is 0 Å². The molecule has 0 aromatic rings. The van der Waals surface area contributed by atoms with Crippen molar-refractivity contribution in [3.8, 4) is 0 Å². The lowest BCUT2D eigenvalue weighted by molar-refractivity contribution is -0.142. The second-order valence-corrected chi connectivity index (χ2v) is 5.07.